The highest BCUT2D eigenvalue weighted by molar-refractivity contribution is 5.55. The fourth-order valence-electron chi connectivity index (χ4n) is 1.70. The summed E-state index contributed by atoms with van der Waals surface area (Å²) >= 11 is 0. The second kappa shape index (κ2) is 6.39. The number of hydrogen-bond acceptors (Lipinski definition) is 6. The lowest BCUT2D eigenvalue weighted by Gasteiger charge is -2.16. The van der Waals surface area contributed by atoms with Gasteiger partial charge in [0.2, 0.25) is 0 Å². The highest BCUT2D eigenvalue weighted by Crippen LogP contribution is 2.21. The maximum absolute atomic E-state index is 11.2. The van der Waals surface area contributed by atoms with Crippen LogP contribution in [0.1, 0.15) is 0 Å². The van der Waals surface area contributed by atoms with Crippen LogP contribution in [0.15, 0.2) is 48.5 Å². The number of nitrogens with one attached hydrogen (secondary N) is 1. The molecule has 0 fully saturated rings. The molecule has 0 atom stereocenters. The van der Waals surface area contributed by atoms with Gasteiger partial charge in [-0.3, -0.25) is 10.1 Å². The van der Waals surface area contributed by atoms with Crippen LogP contribution in [0.2, 0.25) is 0 Å². The number of anilines is 2. The Morgan fingerprint density at radius 1 is 1.00 bits per heavy atom. The Hall–Kier alpha value is -3.36. The number of nitro benzene ring substituents is 1. The summed E-state index contributed by atoms with van der Waals surface area (Å²) in [4.78, 5) is 21.2. The van der Waals surface area contributed by atoms with Gasteiger partial charge in [-0.1, -0.05) is 0 Å². The zero-order valence-corrected chi connectivity index (χ0v) is 11.5. The Bertz CT molecular complexity index is 672. The molecular formula is C13H12N4O5. The van der Waals surface area contributed by atoms with E-state index in [1.54, 1.807) is 12.1 Å². The van der Waals surface area contributed by atoms with Crippen LogP contribution >= 0.6 is 0 Å². The molecule has 1 N–H and O–H groups in total. The molecule has 0 saturated heterocycles. The van der Waals surface area contributed by atoms with Crippen molar-refractivity contribution in [3.63, 3.8) is 0 Å². The van der Waals surface area contributed by atoms with Crippen LogP contribution in [-0.4, -0.2) is 17.1 Å². The Kier molecular flexibility index (Phi) is 4.37. The summed E-state index contributed by atoms with van der Waals surface area (Å²) in [6.45, 7) is 0. The van der Waals surface area contributed by atoms with Crippen molar-refractivity contribution >= 4 is 17.1 Å². The molecule has 0 radical (unpaired) electrons. The highest BCUT2D eigenvalue weighted by atomic mass is 16.7. The minimum Gasteiger partial charge on any atom is -0.497 e. The van der Waals surface area contributed by atoms with E-state index in [1.165, 1.54) is 43.5 Å². The number of non-ortho nitro benzene ring substituents is 1. The first kappa shape index (κ1) is 15.0. The van der Waals surface area contributed by atoms with E-state index in [0.29, 0.717) is 16.6 Å². The van der Waals surface area contributed by atoms with Crippen molar-refractivity contribution in [3.05, 3.63) is 68.8 Å². The Labute approximate surface area is 125 Å². The molecule has 2 aromatic rings. The first-order valence-electron chi connectivity index (χ1n) is 6.11. The predicted molar refractivity (Wildman–Crippen MR) is 79.2 cm³/mol. The molecule has 2 aromatic carbocycles. The number of nitro groups is 2. The van der Waals surface area contributed by atoms with Gasteiger partial charge in [0.1, 0.15) is 11.4 Å². The number of rotatable bonds is 6. The van der Waals surface area contributed by atoms with E-state index in [2.05, 4.69) is 5.43 Å². The minimum absolute atomic E-state index is 0.0948. The summed E-state index contributed by atoms with van der Waals surface area (Å²) in [6, 6.07) is 11.5. The summed E-state index contributed by atoms with van der Waals surface area (Å²) in [7, 11) is 1.50. The minimum atomic E-state index is -0.636. The molecule has 0 bridgehead atoms. The Morgan fingerprint density at radius 2 is 1.59 bits per heavy atom. The number of hydrogen-bond donors (Lipinski definition) is 1. The summed E-state index contributed by atoms with van der Waals surface area (Å²) < 4.78 is 4.99. The standard InChI is InChI=1S/C13H12N4O5/c1-22-13-8-6-11(7-9-13)15(17(20)21)14-10-2-4-12(5-3-10)16(18)19/h2-9,14H,1H3. The second-order valence-electron chi connectivity index (χ2n) is 4.16. The largest absolute Gasteiger partial charge is 0.497 e. The molecule has 114 valence electrons. The first-order chi connectivity index (χ1) is 10.5. The van der Waals surface area contributed by atoms with Crippen LogP contribution < -0.4 is 15.3 Å². The third kappa shape index (κ3) is 3.39. The van der Waals surface area contributed by atoms with Gasteiger partial charge in [0.05, 0.1) is 17.7 Å². The van der Waals surface area contributed by atoms with Gasteiger partial charge in [-0.25, -0.2) is 15.5 Å². The average molecular weight is 304 g/mol. The van der Waals surface area contributed by atoms with Crippen molar-refractivity contribution in [2.45, 2.75) is 0 Å². The highest BCUT2D eigenvalue weighted by Gasteiger charge is 2.18. The van der Waals surface area contributed by atoms with Crippen LogP contribution in [0.3, 0.4) is 0 Å². The van der Waals surface area contributed by atoms with Crippen molar-refractivity contribution in [2.24, 2.45) is 0 Å². The van der Waals surface area contributed by atoms with Gasteiger partial charge in [-0.05, 0) is 36.4 Å². The van der Waals surface area contributed by atoms with Crippen molar-refractivity contribution in [1.29, 1.82) is 0 Å². The van der Waals surface area contributed by atoms with Gasteiger partial charge >= 0.3 is 0 Å². The predicted octanol–water partition coefficient (Wildman–Crippen LogP) is 2.63. The van der Waals surface area contributed by atoms with Crippen LogP contribution in [-0.2, 0) is 0 Å². The summed E-state index contributed by atoms with van der Waals surface area (Å²) in [5, 5.41) is 21.8. The Balaban J connectivity index is 2.21. The number of nitrogens with zero attached hydrogens (tertiary/aromatic N) is 3. The van der Waals surface area contributed by atoms with Crippen LogP contribution in [0, 0.1) is 20.2 Å². The normalized spacial score (nSPS) is 9.86. The monoisotopic (exact) mass is 304 g/mol. The molecule has 22 heavy (non-hydrogen) atoms. The zero-order chi connectivity index (χ0) is 16.1. The molecule has 0 aromatic heterocycles. The van der Waals surface area contributed by atoms with Gasteiger partial charge in [0.25, 0.3) is 5.69 Å². The van der Waals surface area contributed by atoms with Crippen LogP contribution in [0.4, 0.5) is 17.1 Å². The van der Waals surface area contributed by atoms with Gasteiger partial charge < -0.3 is 4.74 Å². The molecule has 0 unspecified atom stereocenters. The summed E-state index contributed by atoms with van der Waals surface area (Å²) in [5.74, 6) is 0.572. The topological polar surface area (TPSA) is 111 Å². The van der Waals surface area contributed by atoms with Crippen molar-refractivity contribution in [2.75, 3.05) is 17.7 Å². The first-order valence-corrected chi connectivity index (χ1v) is 6.11. The third-order valence-electron chi connectivity index (χ3n) is 2.79. The van der Waals surface area contributed by atoms with E-state index in [9.17, 15) is 20.2 Å². The SMILES string of the molecule is COc1ccc(N(Nc2ccc([N+](=O)[O-])cc2)[N+](=O)[O-])cc1. The summed E-state index contributed by atoms with van der Waals surface area (Å²) in [5.41, 5.74) is 3.10. The molecule has 0 aliphatic carbocycles. The van der Waals surface area contributed by atoms with Gasteiger partial charge in [-0.2, -0.15) is 0 Å². The molecule has 0 saturated carbocycles. The molecule has 9 heteroatoms. The van der Waals surface area contributed by atoms with Crippen LogP contribution in [0.25, 0.3) is 0 Å². The molecule has 0 heterocycles. The fourth-order valence-corrected chi connectivity index (χ4v) is 1.70. The molecule has 0 aliphatic rings. The van der Waals surface area contributed by atoms with E-state index in [1.807, 2.05) is 0 Å². The second-order valence-corrected chi connectivity index (χ2v) is 4.16. The Morgan fingerprint density at radius 3 is 2.05 bits per heavy atom. The maximum atomic E-state index is 11.2. The van der Waals surface area contributed by atoms with Crippen LogP contribution in [0.5, 0.6) is 5.75 Å². The van der Waals surface area contributed by atoms with E-state index in [0.717, 1.165) is 0 Å². The lowest BCUT2D eigenvalue weighted by atomic mass is 10.3. The molecule has 9 nitrogen and oxygen atoms in total. The number of benzene rings is 2. The van der Waals surface area contributed by atoms with Gasteiger partial charge in [0, 0.05) is 17.3 Å². The number of methoxy groups -OCH3 is 1. The maximum Gasteiger partial charge on any atom is 0.269 e. The quantitative estimate of drug-likeness (QED) is 0.645. The van der Waals surface area contributed by atoms with E-state index < -0.39 is 9.96 Å². The zero-order valence-electron chi connectivity index (χ0n) is 11.5. The lowest BCUT2D eigenvalue weighted by Crippen LogP contribution is -2.35. The van der Waals surface area contributed by atoms with Gasteiger partial charge in [0.15, 0.2) is 5.03 Å². The molecule has 2 rings (SSSR count). The van der Waals surface area contributed by atoms with Crippen molar-refractivity contribution in [1.82, 2.24) is 0 Å². The number of ether oxygens (including phenoxy) is 1. The summed E-state index contributed by atoms with van der Waals surface area (Å²) in [6.07, 6.45) is 0. The third-order valence-corrected chi connectivity index (χ3v) is 2.79. The van der Waals surface area contributed by atoms with E-state index in [4.69, 9.17) is 4.74 Å². The number of hydrazine groups is 2. The van der Waals surface area contributed by atoms with E-state index >= 15 is 0 Å². The van der Waals surface area contributed by atoms with Crippen molar-refractivity contribution in [3.8, 4) is 5.75 Å². The smallest absolute Gasteiger partial charge is 0.269 e. The molecule has 0 spiro atoms. The molecular weight excluding hydrogens is 292 g/mol. The fraction of sp³-hybridized carbons (Fsp3) is 0.0769. The average Bonchev–Trinajstić information content (AvgIpc) is 2.53. The lowest BCUT2D eigenvalue weighted by molar-refractivity contribution is -0.490. The van der Waals surface area contributed by atoms with Crippen molar-refractivity contribution < 1.29 is 14.7 Å². The van der Waals surface area contributed by atoms with E-state index in [-0.39, 0.29) is 11.4 Å². The molecule has 0 aliphatic heterocycles. The molecule has 0 amide bonds. The van der Waals surface area contributed by atoms with Gasteiger partial charge in [-0.15, -0.1) is 0 Å².